The van der Waals surface area contributed by atoms with E-state index in [1.165, 1.54) is 0 Å². The number of hydrogen-bond donors (Lipinski definition) is 1. The third-order valence-corrected chi connectivity index (χ3v) is 2.00. The SMILES string of the molecule is CC/C=C(/CN)N=C(C)c1ccccn1. The van der Waals surface area contributed by atoms with Crippen molar-refractivity contribution in [2.75, 3.05) is 6.54 Å². The van der Waals surface area contributed by atoms with Gasteiger partial charge in [-0.05, 0) is 25.5 Å². The smallest absolute Gasteiger partial charge is 0.0841 e. The molecule has 0 aromatic carbocycles. The molecule has 0 unspecified atom stereocenters. The van der Waals surface area contributed by atoms with Crippen molar-refractivity contribution in [1.29, 1.82) is 0 Å². The molecule has 1 heterocycles. The van der Waals surface area contributed by atoms with Crippen molar-refractivity contribution in [3.8, 4) is 0 Å². The molecule has 80 valence electrons. The number of hydrogen-bond acceptors (Lipinski definition) is 3. The van der Waals surface area contributed by atoms with Gasteiger partial charge in [0, 0.05) is 12.7 Å². The van der Waals surface area contributed by atoms with E-state index in [4.69, 9.17) is 5.73 Å². The van der Waals surface area contributed by atoms with Crippen molar-refractivity contribution in [3.05, 3.63) is 41.9 Å². The second-order valence-electron chi connectivity index (χ2n) is 3.22. The van der Waals surface area contributed by atoms with E-state index in [1.54, 1.807) is 6.20 Å². The quantitative estimate of drug-likeness (QED) is 0.762. The highest BCUT2D eigenvalue weighted by molar-refractivity contribution is 5.97. The monoisotopic (exact) mass is 203 g/mol. The summed E-state index contributed by atoms with van der Waals surface area (Å²) in [7, 11) is 0. The van der Waals surface area contributed by atoms with E-state index in [9.17, 15) is 0 Å². The van der Waals surface area contributed by atoms with Crippen LogP contribution in [0.3, 0.4) is 0 Å². The van der Waals surface area contributed by atoms with E-state index in [-0.39, 0.29) is 0 Å². The Hall–Kier alpha value is -1.48. The molecule has 0 radical (unpaired) electrons. The van der Waals surface area contributed by atoms with Gasteiger partial charge in [-0.2, -0.15) is 0 Å². The summed E-state index contributed by atoms with van der Waals surface area (Å²) in [5.74, 6) is 0. The van der Waals surface area contributed by atoms with E-state index < -0.39 is 0 Å². The van der Waals surface area contributed by atoms with Crippen LogP contribution in [0.2, 0.25) is 0 Å². The number of aromatic nitrogens is 1. The van der Waals surface area contributed by atoms with Gasteiger partial charge in [-0.1, -0.05) is 19.1 Å². The first-order valence-corrected chi connectivity index (χ1v) is 5.13. The maximum Gasteiger partial charge on any atom is 0.0841 e. The zero-order chi connectivity index (χ0) is 11.1. The lowest BCUT2D eigenvalue weighted by Gasteiger charge is -2.01. The average Bonchev–Trinajstić information content (AvgIpc) is 2.29. The Labute approximate surface area is 90.8 Å². The molecule has 15 heavy (non-hydrogen) atoms. The fourth-order valence-corrected chi connectivity index (χ4v) is 1.26. The molecule has 0 aliphatic rings. The van der Waals surface area contributed by atoms with Gasteiger partial charge in [0.15, 0.2) is 0 Å². The van der Waals surface area contributed by atoms with Crippen LogP contribution in [0, 0.1) is 0 Å². The summed E-state index contributed by atoms with van der Waals surface area (Å²) in [6, 6.07) is 5.79. The maximum absolute atomic E-state index is 5.59. The standard InChI is InChI=1S/C12H17N3/c1-3-6-11(9-13)15-10(2)12-7-4-5-8-14-12/h4-8H,3,9,13H2,1-2H3/b11-6-,15-10?. The van der Waals surface area contributed by atoms with E-state index in [1.807, 2.05) is 31.2 Å². The molecule has 0 atom stereocenters. The Morgan fingerprint density at radius 1 is 1.53 bits per heavy atom. The predicted octanol–water partition coefficient (Wildman–Crippen LogP) is 2.14. The summed E-state index contributed by atoms with van der Waals surface area (Å²) in [5, 5.41) is 0. The lowest BCUT2D eigenvalue weighted by molar-refractivity contribution is 1.06. The molecular weight excluding hydrogens is 186 g/mol. The minimum Gasteiger partial charge on any atom is -0.325 e. The summed E-state index contributed by atoms with van der Waals surface area (Å²) < 4.78 is 0. The van der Waals surface area contributed by atoms with E-state index >= 15 is 0 Å². The molecule has 0 aliphatic heterocycles. The second kappa shape index (κ2) is 6.09. The van der Waals surface area contributed by atoms with Crippen molar-refractivity contribution in [2.24, 2.45) is 10.7 Å². The van der Waals surface area contributed by atoms with Crippen molar-refractivity contribution in [2.45, 2.75) is 20.3 Å². The van der Waals surface area contributed by atoms with Crippen LogP contribution >= 0.6 is 0 Å². The molecule has 1 rings (SSSR count). The second-order valence-corrected chi connectivity index (χ2v) is 3.22. The largest absolute Gasteiger partial charge is 0.325 e. The lowest BCUT2D eigenvalue weighted by Crippen LogP contribution is -2.05. The molecule has 1 aromatic heterocycles. The van der Waals surface area contributed by atoms with E-state index in [2.05, 4.69) is 16.9 Å². The fraction of sp³-hybridized carbons (Fsp3) is 0.333. The summed E-state index contributed by atoms with van der Waals surface area (Å²) in [4.78, 5) is 8.67. The van der Waals surface area contributed by atoms with Gasteiger partial charge >= 0.3 is 0 Å². The molecule has 0 saturated carbocycles. The summed E-state index contributed by atoms with van der Waals surface area (Å²) in [6.07, 6.45) is 4.75. The van der Waals surface area contributed by atoms with Crippen LogP contribution in [0.4, 0.5) is 0 Å². The number of allylic oxidation sites excluding steroid dienone is 1. The number of nitrogens with two attached hydrogens (primary N) is 1. The summed E-state index contributed by atoms with van der Waals surface area (Å²) in [5.41, 5.74) is 8.31. The molecule has 0 aliphatic carbocycles. The first-order chi connectivity index (χ1) is 7.27. The van der Waals surface area contributed by atoms with Crippen LogP contribution in [0.5, 0.6) is 0 Å². The maximum atomic E-state index is 5.59. The highest BCUT2D eigenvalue weighted by Crippen LogP contribution is 2.02. The molecule has 0 fully saturated rings. The number of pyridine rings is 1. The van der Waals surface area contributed by atoms with E-state index in [0.29, 0.717) is 6.54 Å². The zero-order valence-electron chi connectivity index (χ0n) is 9.27. The van der Waals surface area contributed by atoms with Gasteiger partial charge in [-0.25, -0.2) is 0 Å². The van der Waals surface area contributed by atoms with Gasteiger partial charge in [0.2, 0.25) is 0 Å². The third-order valence-electron chi connectivity index (χ3n) is 2.00. The van der Waals surface area contributed by atoms with E-state index in [0.717, 1.165) is 23.5 Å². The topological polar surface area (TPSA) is 51.3 Å². The molecule has 0 amide bonds. The minimum absolute atomic E-state index is 0.470. The van der Waals surface area contributed by atoms with Gasteiger partial charge in [-0.3, -0.25) is 9.98 Å². The molecule has 0 bridgehead atoms. The van der Waals surface area contributed by atoms with Crippen molar-refractivity contribution in [1.82, 2.24) is 4.98 Å². The first-order valence-electron chi connectivity index (χ1n) is 5.13. The number of aliphatic imine (C=N–C) groups is 1. The van der Waals surface area contributed by atoms with Gasteiger partial charge in [-0.15, -0.1) is 0 Å². The van der Waals surface area contributed by atoms with Crippen molar-refractivity contribution in [3.63, 3.8) is 0 Å². The predicted molar refractivity (Wildman–Crippen MR) is 63.9 cm³/mol. The molecule has 3 heteroatoms. The highest BCUT2D eigenvalue weighted by atomic mass is 14.8. The molecule has 0 spiro atoms. The Morgan fingerprint density at radius 2 is 2.33 bits per heavy atom. The fourth-order valence-electron chi connectivity index (χ4n) is 1.26. The van der Waals surface area contributed by atoms with Gasteiger partial charge in [0.05, 0.1) is 17.1 Å². The van der Waals surface area contributed by atoms with Crippen LogP contribution in [0.1, 0.15) is 26.0 Å². The Bertz CT molecular complexity index is 352. The summed E-state index contributed by atoms with van der Waals surface area (Å²) in [6.45, 7) is 4.49. The summed E-state index contributed by atoms with van der Waals surface area (Å²) >= 11 is 0. The normalized spacial score (nSPS) is 13.0. The van der Waals surface area contributed by atoms with Crippen LogP contribution < -0.4 is 5.73 Å². The Kier molecular flexibility index (Phi) is 4.71. The van der Waals surface area contributed by atoms with Crippen molar-refractivity contribution < 1.29 is 0 Å². The Balaban J connectivity index is 2.88. The van der Waals surface area contributed by atoms with Crippen molar-refractivity contribution >= 4 is 5.71 Å². The number of rotatable bonds is 4. The number of nitrogens with zero attached hydrogens (tertiary/aromatic N) is 2. The zero-order valence-corrected chi connectivity index (χ0v) is 9.27. The van der Waals surface area contributed by atoms with Crippen LogP contribution in [0.25, 0.3) is 0 Å². The Morgan fingerprint density at radius 3 is 2.87 bits per heavy atom. The highest BCUT2D eigenvalue weighted by Gasteiger charge is 1.98. The molecule has 0 saturated heterocycles. The third kappa shape index (κ3) is 3.64. The molecule has 1 aromatic rings. The van der Waals surface area contributed by atoms with Crippen LogP contribution in [0.15, 0.2) is 41.2 Å². The van der Waals surface area contributed by atoms with Gasteiger partial charge in [0.1, 0.15) is 0 Å². The average molecular weight is 203 g/mol. The molecule has 3 nitrogen and oxygen atoms in total. The van der Waals surface area contributed by atoms with Crippen LogP contribution in [-0.2, 0) is 0 Å². The first kappa shape index (κ1) is 11.6. The van der Waals surface area contributed by atoms with Gasteiger partial charge < -0.3 is 5.73 Å². The lowest BCUT2D eigenvalue weighted by atomic mass is 10.2. The van der Waals surface area contributed by atoms with Gasteiger partial charge in [0.25, 0.3) is 0 Å². The van der Waals surface area contributed by atoms with Crippen LogP contribution in [-0.4, -0.2) is 17.2 Å². The molecule has 2 N–H and O–H groups in total. The minimum atomic E-state index is 0.470. The molecular formula is C12H17N3.